The van der Waals surface area contributed by atoms with Crippen LogP contribution in [-0.2, 0) is 28.8 Å². The van der Waals surface area contributed by atoms with Crippen molar-refractivity contribution in [3.05, 3.63) is 35.7 Å². The van der Waals surface area contributed by atoms with Gasteiger partial charge in [-0.3, -0.25) is 9.36 Å². The smallest absolute Gasteiger partial charge is 0.295 e. The SMILES string of the molecule is CS(=O)(=O)c1cc(C2COCCO2)ccc1Nc1cc(NC(=O)C2CC2)nc2c1nc(C(F)F)n2C1CCCCO1. The summed E-state index contributed by atoms with van der Waals surface area (Å²) in [5.74, 6) is -0.712. The molecule has 3 fully saturated rings. The molecule has 1 saturated carbocycles. The number of hydrogen-bond acceptors (Lipinski definition) is 9. The third-order valence-electron chi connectivity index (χ3n) is 7.38. The molecule has 2 aromatic heterocycles. The highest BCUT2D eigenvalue weighted by Gasteiger charge is 2.32. The van der Waals surface area contributed by atoms with E-state index in [1.54, 1.807) is 12.1 Å². The van der Waals surface area contributed by atoms with Gasteiger partial charge in [0, 0.05) is 24.8 Å². The second kappa shape index (κ2) is 11.2. The zero-order chi connectivity index (χ0) is 28.7. The van der Waals surface area contributed by atoms with Crippen LogP contribution in [0.15, 0.2) is 29.2 Å². The zero-order valence-electron chi connectivity index (χ0n) is 22.4. The van der Waals surface area contributed by atoms with Crippen LogP contribution in [0.5, 0.6) is 0 Å². The predicted octanol–water partition coefficient (Wildman–Crippen LogP) is 4.65. The number of benzene rings is 1. The van der Waals surface area contributed by atoms with E-state index in [0.29, 0.717) is 38.4 Å². The van der Waals surface area contributed by atoms with E-state index in [4.69, 9.17) is 14.2 Å². The Morgan fingerprint density at radius 1 is 1.05 bits per heavy atom. The van der Waals surface area contributed by atoms with E-state index in [0.717, 1.165) is 31.9 Å². The number of nitrogens with one attached hydrogen (secondary N) is 2. The Labute approximate surface area is 235 Å². The molecule has 0 bridgehead atoms. The highest BCUT2D eigenvalue weighted by atomic mass is 32.2. The van der Waals surface area contributed by atoms with Crippen LogP contribution >= 0.6 is 0 Å². The van der Waals surface area contributed by atoms with Gasteiger partial charge in [-0.1, -0.05) is 6.07 Å². The summed E-state index contributed by atoms with van der Waals surface area (Å²) in [7, 11) is -3.74. The molecule has 41 heavy (non-hydrogen) atoms. The summed E-state index contributed by atoms with van der Waals surface area (Å²) < 4.78 is 72.6. The van der Waals surface area contributed by atoms with Crippen molar-refractivity contribution in [2.45, 2.75) is 55.8 Å². The van der Waals surface area contributed by atoms with Crippen LogP contribution in [0.3, 0.4) is 0 Å². The van der Waals surface area contributed by atoms with Gasteiger partial charge in [0.1, 0.15) is 23.7 Å². The Bertz CT molecular complexity index is 1560. The summed E-state index contributed by atoms with van der Waals surface area (Å²) in [4.78, 5) is 21.4. The van der Waals surface area contributed by atoms with E-state index >= 15 is 0 Å². The minimum Gasteiger partial charge on any atom is -0.376 e. The number of anilines is 3. The molecule has 3 aliphatic rings. The molecule has 0 radical (unpaired) electrons. The molecule has 2 unspecified atom stereocenters. The summed E-state index contributed by atoms with van der Waals surface area (Å²) >= 11 is 0. The zero-order valence-corrected chi connectivity index (χ0v) is 23.3. The minimum absolute atomic E-state index is 0.0122. The third kappa shape index (κ3) is 5.92. The number of aromatic nitrogens is 3. The van der Waals surface area contributed by atoms with Gasteiger partial charge in [0.05, 0.1) is 36.1 Å². The number of alkyl halides is 2. The number of sulfone groups is 1. The van der Waals surface area contributed by atoms with Crippen LogP contribution in [0.1, 0.15) is 62.2 Å². The normalized spacial score (nSPS) is 21.8. The Hall–Kier alpha value is -3.20. The Balaban J connectivity index is 1.47. The molecule has 1 aromatic carbocycles. The van der Waals surface area contributed by atoms with E-state index < -0.39 is 34.4 Å². The maximum atomic E-state index is 14.3. The van der Waals surface area contributed by atoms with Crippen LogP contribution < -0.4 is 10.6 Å². The molecule has 4 heterocycles. The minimum atomic E-state index is -3.74. The fourth-order valence-corrected chi connectivity index (χ4v) is 6.02. The highest BCUT2D eigenvalue weighted by Crippen LogP contribution is 2.38. The highest BCUT2D eigenvalue weighted by molar-refractivity contribution is 7.90. The number of fused-ring (bicyclic) bond motifs is 1. The summed E-state index contributed by atoms with van der Waals surface area (Å²) in [6.45, 7) is 1.56. The van der Waals surface area contributed by atoms with Crippen LogP contribution in [0.25, 0.3) is 11.2 Å². The van der Waals surface area contributed by atoms with Gasteiger partial charge in [-0.05, 0) is 49.8 Å². The number of imidazole rings is 1. The van der Waals surface area contributed by atoms with Crippen molar-refractivity contribution < 1.29 is 36.2 Å². The summed E-state index contributed by atoms with van der Waals surface area (Å²) in [5, 5.41) is 5.87. The van der Waals surface area contributed by atoms with E-state index in [1.807, 2.05) is 0 Å². The number of nitrogens with zero attached hydrogens (tertiary/aromatic N) is 3. The molecular formula is C27H31F2N5O6S. The maximum absolute atomic E-state index is 14.3. The first-order chi connectivity index (χ1) is 19.7. The topological polar surface area (TPSA) is 134 Å². The molecule has 1 aliphatic carbocycles. The van der Waals surface area contributed by atoms with Crippen molar-refractivity contribution in [3.8, 4) is 0 Å². The lowest BCUT2D eigenvalue weighted by molar-refractivity contribution is -0.117. The molecule has 2 aliphatic heterocycles. The van der Waals surface area contributed by atoms with Crippen LogP contribution in [-0.4, -0.2) is 61.5 Å². The standard InChI is InChI=1S/C27H31F2N5O6S/c1-41(36,37)20-12-16(19-14-38-10-11-39-19)7-8-17(20)30-18-13-21(32-27(35)15-5-6-15)31-25-23(18)33-26(24(28)29)34(25)22-4-2-3-9-40-22/h7-8,12-13,15,19,22,24H,2-6,9-11,14H2,1H3,(H2,30,31,32,35). The van der Waals surface area contributed by atoms with Crippen molar-refractivity contribution in [3.63, 3.8) is 0 Å². The molecule has 6 rings (SSSR count). The van der Waals surface area contributed by atoms with Gasteiger partial charge < -0.3 is 24.8 Å². The average molecular weight is 592 g/mol. The van der Waals surface area contributed by atoms with Crippen molar-refractivity contribution in [2.24, 2.45) is 5.92 Å². The van der Waals surface area contributed by atoms with E-state index in [2.05, 4.69) is 20.6 Å². The largest absolute Gasteiger partial charge is 0.376 e. The van der Waals surface area contributed by atoms with Crippen molar-refractivity contribution in [1.29, 1.82) is 0 Å². The van der Waals surface area contributed by atoms with E-state index in [9.17, 15) is 22.0 Å². The van der Waals surface area contributed by atoms with Gasteiger partial charge in [0.15, 0.2) is 21.3 Å². The first-order valence-corrected chi connectivity index (χ1v) is 15.5. The fraction of sp³-hybridized carbons (Fsp3) is 0.519. The van der Waals surface area contributed by atoms with Gasteiger partial charge in [-0.15, -0.1) is 0 Å². The predicted molar refractivity (Wildman–Crippen MR) is 145 cm³/mol. The molecule has 3 aromatic rings. The second-order valence-corrected chi connectivity index (χ2v) is 12.5. The summed E-state index contributed by atoms with van der Waals surface area (Å²) in [6.07, 6.45) is 0.685. The number of amides is 1. The quantitative estimate of drug-likeness (QED) is 0.384. The Morgan fingerprint density at radius 2 is 1.88 bits per heavy atom. The number of hydrogen-bond donors (Lipinski definition) is 2. The Morgan fingerprint density at radius 3 is 2.54 bits per heavy atom. The molecule has 14 heteroatoms. The lowest BCUT2D eigenvalue weighted by Gasteiger charge is -2.25. The molecule has 2 saturated heterocycles. The van der Waals surface area contributed by atoms with Crippen molar-refractivity contribution >= 4 is 44.1 Å². The van der Waals surface area contributed by atoms with Crippen LogP contribution in [0, 0.1) is 5.92 Å². The number of carbonyl (C=O) groups excluding carboxylic acids is 1. The Kier molecular flexibility index (Phi) is 7.66. The fourth-order valence-electron chi connectivity index (χ4n) is 5.15. The summed E-state index contributed by atoms with van der Waals surface area (Å²) in [5.41, 5.74) is 1.26. The number of ether oxygens (including phenoxy) is 3. The molecular weight excluding hydrogens is 560 g/mol. The molecule has 11 nitrogen and oxygen atoms in total. The van der Waals surface area contributed by atoms with E-state index in [-0.39, 0.29) is 45.1 Å². The molecule has 1 amide bonds. The second-order valence-electron chi connectivity index (χ2n) is 10.5. The maximum Gasteiger partial charge on any atom is 0.295 e. The molecule has 2 atom stereocenters. The number of carbonyl (C=O) groups is 1. The molecule has 2 N–H and O–H groups in total. The number of pyridine rings is 1. The van der Waals surface area contributed by atoms with Gasteiger partial charge in [-0.25, -0.2) is 27.2 Å². The van der Waals surface area contributed by atoms with Crippen LogP contribution in [0.2, 0.25) is 0 Å². The third-order valence-corrected chi connectivity index (χ3v) is 8.51. The number of halogens is 2. The lowest BCUT2D eigenvalue weighted by Crippen LogP contribution is -2.22. The molecule has 0 spiro atoms. The lowest BCUT2D eigenvalue weighted by atomic mass is 10.1. The van der Waals surface area contributed by atoms with E-state index in [1.165, 1.54) is 16.7 Å². The van der Waals surface area contributed by atoms with Gasteiger partial charge in [0.25, 0.3) is 6.43 Å². The van der Waals surface area contributed by atoms with Gasteiger partial charge in [0.2, 0.25) is 5.91 Å². The monoisotopic (exact) mass is 591 g/mol. The first kappa shape index (κ1) is 27.9. The first-order valence-electron chi connectivity index (χ1n) is 13.6. The van der Waals surface area contributed by atoms with Crippen molar-refractivity contribution in [1.82, 2.24) is 14.5 Å². The average Bonchev–Trinajstić information content (AvgIpc) is 3.74. The molecule has 220 valence electrons. The summed E-state index contributed by atoms with van der Waals surface area (Å²) in [6, 6.07) is 6.32. The van der Waals surface area contributed by atoms with Gasteiger partial charge >= 0.3 is 0 Å². The van der Waals surface area contributed by atoms with Crippen LogP contribution in [0.4, 0.5) is 26.0 Å². The number of rotatable bonds is 8. The van der Waals surface area contributed by atoms with Crippen molar-refractivity contribution in [2.75, 3.05) is 43.3 Å². The van der Waals surface area contributed by atoms with Gasteiger partial charge in [-0.2, -0.15) is 0 Å².